The second kappa shape index (κ2) is 9.26. The van der Waals surface area contributed by atoms with E-state index in [-0.39, 0.29) is 11.8 Å². The molecule has 1 amide bonds. The van der Waals surface area contributed by atoms with E-state index in [9.17, 15) is 4.79 Å². The van der Waals surface area contributed by atoms with Gasteiger partial charge in [-0.15, -0.1) is 0 Å². The third-order valence-corrected chi connectivity index (χ3v) is 5.83. The number of hydrogen-bond donors (Lipinski definition) is 1. The maximum absolute atomic E-state index is 12.4. The lowest BCUT2D eigenvalue weighted by Crippen LogP contribution is -2.42. The number of amides is 1. The Morgan fingerprint density at radius 1 is 1.17 bits per heavy atom. The van der Waals surface area contributed by atoms with E-state index in [1.54, 1.807) is 7.11 Å². The van der Waals surface area contributed by atoms with Crippen LogP contribution < -0.4 is 15.0 Å². The molecular formula is C21H29N5O3. The van der Waals surface area contributed by atoms with Crippen LogP contribution in [0.4, 0.5) is 6.01 Å². The molecule has 0 aliphatic carbocycles. The summed E-state index contributed by atoms with van der Waals surface area (Å²) in [5.74, 6) is 1.59. The van der Waals surface area contributed by atoms with Crippen molar-refractivity contribution in [1.82, 2.24) is 20.4 Å². The van der Waals surface area contributed by atoms with Crippen molar-refractivity contribution in [1.29, 1.82) is 0 Å². The average Bonchev–Trinajstić information content (AvgIpc) is 3.46. The summed E-state index contributed by atoms with van der Waals surface area (Å²) in [6, 6.07) is 8.08. The maximum Gasteiger partial charge on any atom is 0.324 e. The fourth-order valence-electron chi connectivity index (χ4n) is 4.02. The molecule has 3 heterocycles. The summed E-state index contributed by atoms with van der Waals surface area (Å²) in [6.07, 6.45) is 4.16. The highest BCUT2D eigenvalue weighted by Crippen LogP contribution is 2.25. The predicted molar refractivity (Wildman–Crippen MR) is 110 cm³/mol. The van der Waals surface area contributed by atoms with Crippen LogP contribution in [-0.4, -0.2) is 67.3 Å². The van der Waals surface area contributed by atoms with Crippen LogP contribution in [0.1, 0.15) is 25.7 Å². The molecule has 0 bridgehead atoms. The van der Waals surface area contributed by atoms with Gasteiger partial charge in [-0.1, -0.05) is 5.16 Å². The number of piperidine rings is 1. The number of methoxy groups -OCH3 is 1. The van der Waals surface area contributed by atoms with Gasteiger partial charge < -0.3 is 24.4 Å². The van der Waals surface area contributed by atoms with Crippen LogP contribution in [0.3, 0.4) is 0 Å². The van der Waals surface area contributed by atoms with Crippen molar-refractivity contribution in [3.05, 3.63) is 24.3 Å². The van der Waals surface area contributed by atoms with E-state index in [0.717, 1.165) is 63.4 Å². The van der Waals surface area contributed by atoms with Crippen LogP contribution in [0.25, 0.3) is 11.4 Å². The Labute approximate surface area is 171 Å². The van der Waals surface area contributed by atoms with E-state index in [2.05, 4.69) is 25.3 Å². The summed E-state index contributed by atoms with van der Waals surface area (Å²) in [7, 11) is 1.64. The molecule has 1 aromatic heterocycles. The maximum atomic E-state index is 12.4. The first-order chi connectivity index (χ1) is 14.2. The molecule has 29 heavy (non-hydrogen) atoms. The van der Waals surface area contributed by atoms with Gasteiger partial charge in [0.15, 0.2) is 0 Å². The van der Waals surface area contributed by atoms with Crippen molar-refractivity contribution >= 4 is 11.9 Å². The molecule has 0 unspecified atom stereocenters. The number of rotatable bonds is 7. The topological polar surface area (TPSA) is 83.7 Å². The Kier molecular flexibility index (Phi) is 6.29. The molecule has 8 nitrogen and oxygen atoms in total. The summed E-state index contributed by atoms with van der Waals surface area (Å²) in [5, 5.41) is 7.21. The fraction of sp³-hybridized carbons (Fsp3) is 0.571. The SMILES string of the molecule is COc1ccc(-c2noc(N3CCC(C(=O)NCCN4CCCC4)CC3)n2)cc1. The number of hydrogen-bond acceptors (Lipinski definition) is 7. The minimum Gasteiger partial charge on any atom is -0.497 e. The van der Waals surface area contributed by atoms with Crippen molar-refractivity contribution in [3.8, 4) is 17.1 Å². The van der Waals surface area contributed by atoms with Gasteiger partial charge in [-0.2, -0.15) is 4.98 Å². The molecule has 0 atom stereocenters. The molecule has 1 aromatic carbocycles. The first kappa shape index (κ1) is 19.7. The van der Waals surface area contributed by atoms with Gasteiger partial charge in [0.2, 0.25) is 11.7 Å². The molecule has 2 saturated heterocycles. The van der Waals surface area contributed by atoms with Crippen molar-refractivity contribution in [2.24, 2.45) is 5.92 Å². The lowest BCUT2D eigenvalue weighted by atomic mass is 9.96. The zero-order valence-electron chi connectivity index (χ0n) is 17.0. The molecule has 2 aliphatic rings. The standard InChI is InChI=1S/C21H29N5O3/c1-28-18-6-4-16(5-7-18)19-23-21(29-24-19)26-13-8-17(9-14-26)20(27)22-10-15-25-11-2-3-12-25/h4-7,17H,2-3,8-15H2,1H3,(H,22,27). The zero-order chi connectivity index (χ0) is 20.1. The largest absolute Gasteiger partial charge is 0.497 e. The molecule has 4 rings (SSSR count). The molecule has 2 fully saturated rings. The summed E-state index contributed by atoms with van der Waals surface area (Å²) < 4.78 is 10.6. The third kappa shape index (κ3) is 4.87. The Balaban J connectivity index is 1.25. The second-order valence-corrected chi connectivity index (χ2v) is 7.73. The molecule has 2 aliphatic heterocycles. The van der Waals surface area contributed by atoms with Crippen LogP contribution in [-0.2, 0) is 4.79 Å². The molecule has 0 radical (unpaired) electrons. The summed E-state index contributed by atoms with van der Waals surface area (Å²) in [4.78, 5) is 21.5. The van der Waals surface area contributed by atoms with E-state index in [1.165, 1.54) is 12.8 Å². The van der Waals surface area contributed by atoms with Gasteiger partial charge in [-0.25, -0.2) is 0 Å². The first-order valence-electron chi connectivity index (χ1n) is 10.5. The lowest BCUT2D eigenvalue weighted by molar-refractivity contribution is -0.125. The lowest BCUT2D eigenvalue weighted by Gasteiger charge is -2.29. The molecular weight excluding hydrogens is 370 g/mol. The number of benzene rings is 1. The summed E-state index contributed by atoms with van der Waals surface area (Å²) in [6.45, 7) is 5.52. The van der Waals surface area contributed by atoms with Crippen molar-refractivity contribution in [2.75, 3.05) is 51.3 Å². The van der Waals surface area contributed by atoms with Crippen molar-refractivity contribution < 1.29 is 14.1 Å². The minimum absolute atomic E-state index is 0.0637. The molecule has 0 saturated carbocycles. The minimum atomic E-state index is 0.0637. The van der Waals surface area contributed by atoms with E-state index in [1.807, 2.05) is 24.3 Å². The molecule has 1 N–H and O–H groups in total. The van der Waals surface area contributed by atoms with Gasteiger partial charge in [0.1, 0.15) is 5.75 Å². The number of carbonyl (C=O) groups is 1. The summed E-state index contributed by atoms with van der Waals surface area (Å²) >= 11 is 0. The molecule has 156 valence electrons. The van der Waals surface area contributed by atoms with Gasteiger partial charge in [-0.3, -0.25) is 4.79 Å². The number of aromatic nitrogens is 2. The van der Waals surface area contributed by atoms with Gasteiger partial charge in [0, 0.05) is 37.7 Å². The highest BCUT2D eigenvalue weighted by Gasteiger charge is 2.27. The van der Waals surface area contributed by atoms with Crippen molar-refractivity contribution in [2.45, 2.75) is 25.7 Å². The predicted octanol–water partition coefficient (Wildman–Crippen LogP) is 2.17. The van der Waals surface area contributed by atoms with Crippen LogP contribution in [0, 0.1) is 5.92 Å². The number of nitrogens with zero attached hydrogens (tertiary/aromatic N) is 4. The molecule has 0 spiro atoms. The average molecular weight is 399 g/mol. The highest BCUT2D eigenvalue weighted by molar-refractivity contribution is 5.78. The van der Waals surface area contributed by atoms with E-state index < -0.39 is 0 Å². The second-order valence-electron chi connectivity index (χ2n) is 7.73. The van der Waals surface area contributed by atoms with E-state index in [0.29, 0.717) is 11.8 Å². The Hall–Kier alpha value is -2.61. The molecule has 8 heteroatoms. The Bertz CT molecular complexity index is 793. The normalized spacial score (nSPS) is 18.2. The molecule has 2 aromatic rings. The van der Waals surface area contributed by atoms with Gasteiger partial charge in [0.25, 0.3) is 0 Å². The van der Waals surface area contributed by atoms with Gasteiger partial charge in [-0.05, 0) is 63.0 Å². The summed E-state index contributed by atoms with van der Waals surface area (Å²) in [5.41, 5.74) is 0.882. The number of nitrogens with one attached hydrogen (secondary N) is 1. The fourth-order valence-corrected chi connectivity index (χ4v) is 4.02. The highest BCUT2D eigenvalue weighted by atomic mass is 16.5. The Morgan fingerprint density at radius 3 is 2.59 bits per heavy atom. The van der Waals surface area contributed by atoms with E-state index >= 15 is 0 Å². The van der Waals surface area contributed by atoms with Gasteiger partial charge >= 0.3 is 6.01 Å². The third-order valence-electron chi connectivity index (χ3n) is 5.83. The first-order valence-corrected chi connectivity index (χ1v) is 10.5. The van der Waals surface area contributed by atoms with E-state index in [4.69, 9.17) is 9.26 Å². The van der Waals surface area contributed by atoms with Gasteiger partial charge in [0.05, 0.1) is 7.11 Å². The van der Waals surface area contributed by atoms with Crippen LogP contribution >= 0.6 is 0 Å². The number of ether oxygens (including phenoxy) is 1. The number of anilines is 1. The van der Waals surface area contributed by atoms with Crippen molar-refractivity contribution in [3.63, 3.8) is 0 Å². The number of carbonyl (C=O) groups excluding carboxylic acids is 1. The quantitative estimate of drug-likeness (QED) is 0.764. The van der Waals surface area contributed by atoms with Crippen LogP contribution in [0.15, 0.2) is 28.8 Å². The number of likely N-dealkylation sites (tertiary alicyclic amines) is 1. The monoisotopic (exact) mass is 399 g/mol. The zero-order valence-corrected chi connectivity index (χ0v) is 17.0. The Morgan fingerprint density at radius 2 is 1.90 bits per heavy atom. The van der Waals surface area contributed by atoms with Crippen LogP contribution in [0.5, 0.6) is 5.75 Å². The van der Waals surface area contributed by atoms with Crippen LogP contribution in [0.2, 0.25) is 0 Å². The smallest absolute Gasteiger partial charge is 0.324 e.